The van der Waals surface area contributed by atoms with E-state index in [1.54, 1.807) is 0 Å². The minimum Gasteiger partial charge on any atom is -0.396 e. The van der Waals surface area contributed by atoms with Crippen LogP contribution in [0.1, 0.15) is 42.7 Å². The molecule has 1 fully saturated rings. The number of amides is 1. The van der Waals surface area contributed by atoms with Crippen molar-refractivity contribution in [1.29, 1.82) is 5.26 Å². The predicted octanol–water partition coefficient (Wildman–Crippen LogP) is 3.98. The van der Waals surface area contributed by atoms with Crippen molar-refractivity contribution in [3.05, 3.63) is 81.4 Å². The van der Waals surface area contributed by atoms with Gasteiger partial charge in [-0.05, 0) is 55.4 Å². The summed E-state index contributed by atoms with van der Waals surface area (Å²) in [5.74, 6) is -4.24. The Bertz CT molecular complexity index is 1320. The maximum Gasteiger partial charge on any atom is 0.237 e. The summed E-state index contributed by atoms with van der Waals surface area (Å²) >= 11 is 12.2. The molecule has 2 aliphatic rings. The molecule has 6 unspecified atom stereocenters. The van der Waals surface area contributed by atoms with Gasteiger partial charge in [-0.3, -0.25) is 4.79 Å². The van der Waals surface area contributed by atoms with Gasteiger partial charge >= 0.3 is 0 Å². The van der Waals surface area contributed by atoms with Crippen molar-refractivity contribution >= 4 is 29.1 Å². The van der Waals surface area contributed by atoms with Gasteiger partial charge in [0.15, 0.2) is 0 Å². The summed E-state index contributed by atoms with van der Waals surface area (Å²) in [4.78, 5) is 13.7. The number of nitrogens with one attached hydrogen (secondary N) is 2. The van der Waals surface area contributed by atoms with Crippen LogP contribution in [-0.2, 0) is 10.2 Å². The third-order valence-corrected chi connectivity index (χ3v) is 8.90. The number of aliphatic hydroxyl groups excluding tert-OH is 3. The van der Waals surface area contributed by atoms with E-state index in [2.05, 4.69) is 16.7 Å². The summed E-state index contributed by atoms with van der Waals surface area (Å²) in [7, 11) is 0. The number of hydrogen-bond acceptors (Lipinski definition) is 6. The zero-order chi connectivity index (χ0) is 29.7. The van der Waals surface area contributed by atoms with Gasteiger partial charge in [0, 0.05) is 41.6 Å². The van der Waals surface area contributed by atoms with Crippen molar-refractivity contribution in [2.45, 2.75) is 55.2 Å². The van der Waals surface area contributed by atoms with Gasteiger partial charge in [-0.25, -0.2) is 8.78 Å². The Morgan fingerprint density at radius 1 is 1.20 bits per heavy atom. The molecule has 7 nitrogen and oxygen atoms in total. The molecule has 41 heavy (non-hydrogen) atoms. The quantitative estimate of drug-likeness (QED) is 0.260. The molecule has 1 aliphatic heterocycles. The first-order chi connectivity index (χ1) is 19.7. The molecule has 2 aromatic carbocycles. The number of benzene rings is 2. The fourth-order valence-corrected chi connectivity index (χ4v) is 6.75. The van der Waals surface area contributed by atoms with Crippen LogP contribution in [0.4, 0.5) is 8.78 Å². The SMILES string of the molecule is N#CC1(c2ccc(Cl)cc2F)C(C(CO)C2CC=CCC2)NC(C(=O)NCC[C@H](O)CO)C1c1cccc(Cl)c1F. The second-order valence-electron chi connectivity index (χ2n) is 10.7. The molecule has 1 amide bonds. The van der Waals surface area contributed by atoms with E-state index in [1.807, 2.05) is 12.2 Å². The Morgan fingerprint density at radius 2 is 1.98 bits per heavy atom. The number of nitrogens with zero attached hydrogens (tertiary/aromatic N) is 1. The van der Waals surface area contributed by atoms with E-state index in [1.165, 1.54) is 30.3 Å². The molecule has 1 saturated heterocycles. The van der Waals surface area contributed by atoms with Crippen LogP contribution in [0.15, 0.2) is 48.6 Å². The smallest absolute Gasteiger partial charge is 0.237 e. The first-order valence-electron chi connectivity index (χ1n) is 13.6. The molecule has 7 atom stereocenters. The van der Waals surface area contributed by atoms with E-state index in [0.29, 0.717) is 12.8 Å². The van der Waals surface area contributed by atoms with E-state index >= 15 is 8.78 Å². The molecule has 1 aliphatic carbocycles. The van der Waals surface area contributed by atoms with Crippen LogP contribution in [0.25, 0.3) is 0 Å². The van der Waals surface area contributed by atoms with E-state index in [0.717, 1.165) is 12.5 Å². The van der Waals surface area contributed by atoms with Crippen LogP contribution in [0.5, 0.6) is 0 Å². The van der Waals surface area contributed by atoms with Crippen molar-refractivity contribution in [2.24, 2.45) is 11.8 Å². The molecule has 0 bridgehead atoms. The summed E-state index contributed by atoms with van der Waals surface area (Å²) in [6.07, 6.45) is 5.10. The molecule has 11 heteroatoms. The fraction of sp³-hybridized carbons (Fsp3) is 0.467. The van der Waals surface area contributed by atoms with Crippen molar-refractivity contribution in [3.8, 4) is 6.07 Å². The molecular weight excluding hydrogens is 575 g/mol. The number of allylic oxidation sites excluding steroid dienone is 2. The van der Waals surface area contributed by atoms with Gasteiger partial charge in [0.05, 0.1) is 29.8 Å². The van der Waals surface area contributed by atoms with Crippen LogP contribution >= 0.6 is 23.2 Å². The van der Waals surface area contributed by atoms with Crippen LogP contribution in [0.2, 0.25) is 10.0 Å². The lowest BCUT2D eigenvalue weighted by Crippen LogP contribution is -2.51. The normalized spacial score (nSPS) is 27.3. The molecule has 0 saturated carbocycles. The zero-order valence-corrected chi connectivity index (χ0v) is 23.8. The van der Waals surface area contributed by atoms with Gasteiger partial charge in [0.25, 0.3) is 0 Å². The zero-order valence-electron chi connectivity index (χ0n) is 22.2. The standard InChI is InChI=1S/C30H33Cl2F2N3O4/c31-18-9-10-22(24(33)13-18)30(16-35)25(20-7-4-8-23(32)26(20)34)27(29(41)36-12-11-19(40)14-38)37-28(30)21(15-39)17-5-2-1-3-6-17/h1-2,4,7-10,13,17,19,21,25,27-28,37-40H,3,5-6,11-12,14-15H2,(H,36,41)/t17?,19-,21?,25?,27?,28?,30?/m0/s1. The first-order valence-corrected chi connectivity index (χ1v) is 14.3. The van der Waals surface area contributed by atoms with Gasteiger partial charge in [0.2, 0.25) is 5.91 Å². The summed E-state index contributed by atoms with van der Waals surface area (Å²) in [6, 6.07) is 8.19. The van der Waals surface area contributed by atoms with Gasteiger partial charge < -0.3 is 26.0 Å². The second-order valence-corrected chi connectivity index (χ2v) is 11.5. The number of halogens is 4. The lowest BCUT2D eigenvalue weighted by atomic mass is 9.60. The molecule has 0 spiro atoms. The topological polar surface area (TPSA) is 126 Å². The van der Waals surface area contributed by atoms with E-state index in [9.17, 15) is 20.3 Å². The largest absolute Gasteiger partial charge is 0.396 e. The third kappa shape index (κ3) is 6.14. The first kappa shape index (κ1) is 31.4. The molecule has 1 heterocycles. The third-order valence-electron chi connectivity index (χ3n) is 8.38. The van der Waals surface area contributed by atoms with Gasteiger partial charge in [-0.1, -0.05) is 53.6 Å². The molecule has 0 radical (unpaired) electrons. The number of carbonyl (C=O) groups excluding carboxylic acids is 1. The summed E-state index contributed by atoms with van der Waals surface area (Å²) in [5, 5.41) is 46.4. The Labute approximate surface area is 247 Å². The monoisotopic (exact) mass is 607 g/mol. The second kappa shape index (κ2) is 13.6. The highest BCUT2D eigenvalue weighted by Gasteiger charge is 2.63. The highest BCUT2D eigenvalue weighted by molar-refractivity contribution is 6.31. The van der Waals surface area contributed by atoms with Crippen LogP contribution < -0.4 is 10.6 Å². The highest BCUT2D eigenvalue weighted by atomic mass is 35.5. The lowest BCUT2D eigenvalue weighted by molar-refractivity contribution is -0.123. The molecule has 4 rings (SSSR count). The maximum atomic E-state index is 15.8. The number of rotatable bonds is 10. The van der Waals surface area contributed by atoms with Gasteiger partial charge in [0.1, 0.15) is 17.0 Å². The Morgan fingerprint density at radius 3 is 2.61 bits per heavy atom. The fourth-order valence-electron chi connectivity index (χ4n) is 6.41. The summed E-state index contributed by atoms with van der Waals surface area (Å²) in [5.41, 5.74) is -2.01. The number of carbonyl (C=O) groups is 1. The van der Waals surface area contributed by atoms with Crippen molar-refractivity contribution in [2.75, 3.05) is 19.8 Å². The van der Waals surface area contributed by atoms with Crippen molar-refractivity contribution in [3.63, 3.8) is 0 Å². The van der Waals surface area contributed by atoms with Crippen LogP contribution in [-0.4, -0.2) is 59.2 Å². The molecule has 2 aromatic rings. The number of hydrogen-bond donors (Lipinski definition) is 5. The van der Waals surface area contributed by atoms with E-state index in [-0.39, 0.29) is 46.7 Å². The minimum absolute atomic E-state index is 0.0140. The Hall–Kier alpha value is -2.58. The van der Waals surface area contributed by atoms with Crippen LogP contribution in [0.3, 0.4) is 0 Å². The van der Waals surface area contributed by atoms with Crippen LogP contribution in [0, 0.1) is 34.8 Å². The van der Waals surface area contributed by atoms with E-state index in [4.69, 9.17) is 28.3 Å². The Kier molecular flexibility index (Phi) is 10.4. The average Bonchev–Trinajstić information content (AvgIpc) is 3.30. The van der Waals surface area contributed by atoms with E-state index < -0.39 is 59.6 Å². The molecule has 5 N–H and O–H groups in total. The molecule has 0 aromatic heterocycles. The summed E-state index contributed by atoms with van der Waals surface area (Å²) < 4.78 is 31.6. The summed E-state index contributed by atoms with van der Waals surface area (Å²) in [6.45, 7) is -0.867. The molecular formula is C30H33Cl2F2N3O4. The number of nitriles is 1. The number of aliphatic hydroxyl groups is 3. The van der Waals surface area contributed by atoms with Gasteiger partial charge in [-0.2, -0.15) is 5.26 Å². The average molecular weight is 609 g/mol. The predicted molar refractivity (Wildman–Crippen MR) is 151 cm³/mol. The lowest BCUT2D eigenvalue weighted by Gasteiger charge is -2.41. The molecule has 220 valence electrons. The minimum atomic E-state index is -1.87. The maximum absolute atomic E-state index is 15.8. The Balaban J connectivity index is 1.93. The highest BCUT2D eigenvalue weighted by Crippen LogP contribution is 2.53. The van der Waals surface area contributed by atoms with Crippen molar-refractivity contribution < 1.29 is 28.9 Å². The van der Waals surface area contributed by atoms with Crippen molar-refractivity contribution in [1.82, 2.24) is 10.6 Å². The van der Waals surface area contributed by atoms with Gasteiger partial charge in [-0.15, -0.1) is 0 Å².